The molecule has 0 aromatic heterocycles. The van der Waals surface area contributed by atoms with Crippen molar-refractivity contribution in [1.82, 2.24) is 5.32 Å². The molecular weight excluding hydrogens is 328 g/mol. The number of anilines is 1. The van der Waals surface area contributed by atoms with Crippen LogP contribution in [0.5, 0.6) is 0 Å². The second kappa shape index (κ2) is 7.00. The lowest BCUT2D eigenvalue weighted by atomic mass is 9.75. The Kier molecular flexibility index (Phi) is 5.15. The molecule has 2 bridgehead atoms. The topological polar surface area (TPSA) is 76.7 Å². The summed E-state index contributed by atoms with van der Waals surface area (Å²) < 4.78 is 37.8. The highest BCUT2D eigenvalue weighted by Gasteiger charge is 2.53. The zero-order chi connectivity index (χ0) is 17.2. The molecule has 1 heterocycles. The predicted octanol–water partition coefficient (Wildman–Crippen LogP) is 1.55. The van der Waals surface area contributed by atoms with Crippen molar-refractivity contribution in [3.8, 4) is 0 Å². The van der Waals surface area contributed by atoms with Crippen LogP contribution in [0.1, 0.15) is 18.4 Å². The van der Waals surface area contributed by atoms with Crippen LogP contribution in [0.25, 0.3) is 0 Å². The number of piperidine rings is 1. The highest BCUT2D eigenvalue weighted by molar-refractivity contribution is 7.92. The fourth-order valence-corrected chi connectivity index (χ4v) is 5.25. The van der Waals surface area contributed by atoms with Gasteiger partial charge in [-0.1, -0.05) is 12.1 Å². The monoisotopic (exact) mass is 354 g/mol. The third kappa shape index (κ3) is 3.18. The van der Waals surface area contributed by atoms with Crippen LogP contribution in [0.3, 0.4) is 0 Å². The Bertz CT molecular complexity index is 661. The number of hydrogen-bond donors (Lipinski definition) is 2. The smallest absolute Gasteiger partial charge is 0.234 e. The molecule has 2 fully saturated rings. The van der Waals surface area contributed by atoms with Crippen molar-refractivity contribution >= 4 is 15.7 Å². The van der Waals surface area contributed by atoms with Crippen LogP contribution in [-0.4, -0.2) is 48.1 Å². The average Bonchev–Trinajstić information content (AvgIpc) is 2.74. The molecule has 1 saturated heterocycles. The first-order chi connectivity index (χ1) is 11.5. The summed E-state index contributed by atoms with van der Waals surface area (Å²) in [5.41, 5.74) is 1.32. The van der Waals surface area contributed by atoms with Gasteiger partial charge in [-0.25, -0.2) is 8.42 Å². The summed E-state index contributed by atoms with van der Waals surface area (Å²) in [4.78, 5) is 0. The number of hydrogen-bond acceptors (Lipinski definition) is 5. The Morgan fingerprint density at radius 2 is 1.96 bits per heavy atom. The Hall–Kier alpha value is -1.15. The van der Waals surface area contributed by atoms with Gasteiger partial charge in [-0.05, 0) is 30.5 Å². The van der Waals surface area contributed by atoms with Crippen LogP contribution in [0.15, 0.2) is 24.3 Å². The molecule has 2 aliphatic rings. The largest absolute Gasteiger partial charge is 0.384 e. The van der Waals surface area contributed by atoms with Gasteiger partial charge < -0.3 is 14.8 Å². The minimum atomic E-state index is -3.41. The van der Waals surface area contributed by atoms with Gasteiger partial charge in [0, 0.05) is 44.8 Å². The van der Waals surface area contributed by atoms with Gasteiger partial charge in [0.1, 0.15) is 5.60 Å². The maximum atomic E-state index is 12.1. The van der Waals surface area contributed by atoms with E-state index in [9.17, 15) is 8.42 Å². The number of rotatable bonds is 7. The Labute approximate surface area is 144 Å². The van der Waals surface area contributed by atoms with Gasteiger partial charge in [0.05, 0.1) is 12.4 Å². The number of benzene rings is 1. The van der Waals surface area contributed by atoms with E-state index < -0.39 is 10.0 Å². The van der Waals surface area contributed by atoms with Crippen LogP contribution in [0.2, 0.25) is 0 Å². The predicted molar refractivity (Wildman–Crippen MR) is 93.5 cm³/mol. The Morgan fingerprint density at radius 1 is 1.25 bits per heavy atom. The summed E-state index contributed by atoms with van der Waals surface area (Å²) in [5, 5.41) is 3.48. The Morgan fingerprint density at radius 3 is 2.58 bits per heavy atom. The first-order valence-electron chi connectivity index (χ1n) is 8.37. The highest BCUT2D eigenvalue weighted by Crippen LogP contribution is 2.52. The van der Waals surface area contributed by atoms with Crippen LogP contribution in [0, 0.1) is 11.8 Å². The zero-order valence-electron chi connectivity index (χ0n) is 14.2. The average molecular weight is 354 g/mol. The lowest BCUT2D eigenvalue weighted by Gasteiger charge is -2.43. The first-order valence-corrected chi connectivity index (χ1v) is 10.0. The summed E-state index contributed by atoms with van der Waals surface area (Å²) in [5.74, 6) is 0.779. The van der Waals surface area contributed by atoms with Gasteiger partial charge in [0.25, 0.3) is 0 Å². The molecule has 0 amide bonds. The Balaban J connectivity index is 1.88. The molecule has 1 aliphatic carbocycles. The van der Waals surface area contributed by atoms with Crippen molar-refractivity contribution < 1.29 is 17.9 Å². The molecule has 3 rings (SSSR count). The van der Waals surface area contributed by atoms with E-state index in [1.165, 1.54) is 7.11 Å². The lowest BCUT2D eigenvalue weighted by molar-refractivity contribution is -0.0931. The molecular formula is C17H26N2O4S. The fourth-order valence-electron chi connectivity index (χ4n) is 4.28. The molecule has 7 heteroatoms. The molecule has 1 saturated carbocycles. The molecule has 6 nitrogen and oxygen atoms in total. The third-order valence-electron chi connectivity index (χ3n) is 5.34. The van der Waals surface area contributed by atoms with Crippen molar-refractivity contribution in [3.63, 3.8) is 0 Å². The molecule has 2 N–H and O–H groups in total. The summed E-state index contributed by atoms with van der Waals surface area (Å²) >= 11 is 0. The second-order valence-electron chi connectivity index (χ2n) is 6.62. The summed E-state index contributed by atoms with van der Waals surface area (Å²) in [7, 11) is -0.149. The van der Waals surface area contributed by atoms with Crippen LogP contribution >= 0.6 is 0 Å². The van der Waals surface area contributed by atoms with Crippen LogP contribution in [0.4, 0.5) is 5.69 Å². The zero-order valence-corrected chi connectivity index (χ0v) is 15.1. The molecule has 24 heavy (non-hydrogen) atoms. The molecule has 1 aromatic carbocycles. The van der Waals surface area contributed by atoms with Gasteiger partial charge in [0.2, 0.25) is 10.0 Å². The number of ether oxygens (including phenoxy) is 2. The standard InChI is InChI=1S/C17H26N2O4S/c1-22-8-9-24(20,21)19-16-5-3-4-13(10-16)17(23-2)14-6-7-15(17)12-18-11-14/h3-5,10,14-15,18-19H,6-9,11-12H2,1-2H3. The van der Waals surface area contributed by atoms with E-state index in [2.05, 4.69) is 10.0 Å². The van der Waals surface area contributed by atoms with E-state index in [0.717, 1.165) is 31.5 Å². The van der Waals surface area contributed by atoms with Crippen LogP contribution < -0.4 is 10.0 Å². The van der Waals surface area contributed by atoms with Gasteiger partial charge >= 0.3 is 0 Å². The van der Waals surface area contributed by atoms with E-state index in [4.69, 9.17) is 9.47 Å². The lowest BCUT2D eigenvalue weighted by Crippen LogP contribution is -2.51. The fraction of sp³-hybridized carbons (Fsp3) is 0.647. The SMILES string of the molecule is COCCS(=O)(=O)Nc1cccc(C2(OC)C3CCC2CNC3)c1. The van der Waals surface area contributed by atoms with Gasteiger partial charge in [-0.15, -0.1) is 0 Å². The first kappa shape index (κ1) is 17.7. The molecule has 1 aromatic rings. The van der Waals surface area contributed by atoms with Gasteiger partial charge in [-0.3, -0.25) is 4.72 Å². The summed E-state index contributed by atoms with van der Waals surface area (Å²) in [6, 6.07) is 7.64. The van der Waals surface area contributed by atoms with Crippen molar-refractivity contribution in [1.29, 1.82) is 0 Å². The summed E-state index contributed by atoms with van der Waals surface area (Å²) in [6.07, 6.45) is 2.27. The minimum Gasteiger partial charge on any atom is -0.384 e. The maximum Gasteiger partial charge on any atom is 0.234 e. The normalized spacial score (nSPS) is 29.6. The number of methoxy groups -OCH3 is 2. The molecule has 134 valence electrons. The van der Waals surface area contributed by atoms with Crippen molar-refractivity contribution in [2.75, 3.05) is 44.4 Å². The minimum absolute atomic E-state index is 0.0572. The van der Waals surface area contributed by atoms with Crippen molar-refractivity contribution in [2.24, 2.45) is 11.8 Å². The number of fused-ring (bicyclic) bond motifs is 2. The van der Waals surface area contributed by atoms with Crippen molar-refractivity contribution in [3.05, 3.63) is 29.8 Å². The maximum absolute atomic E-state index is 12.1. The van der Waals surface area contributed by atoms with Gasteiger partial charge in [-0.2, -0.15) is 0 Å². The van der Waals surface area contributed by atoms with E-state index in [0.29, 0.717) is 17.5 Å². The molecule has 2 atom stereocenters. The molecule has 0 radical (unpaired) electrons. The van der Waals surface area contributed by atoms with E-state index >= 15 is 0 Å². The highest BCUT2D eigenvalue weighted by atomic mass is 32.2. The van der Waals surface area contributed by atoms with E-state index in [-0.39, 0.29) is 18.0 Å². The molecule has 0 spiro atoms. The quantitative estimate of drug-likeness (QED) is 0.777. The van der Waals surface area contributed by atoms with E-state index in [1.54, 1.807) is 13.2 Å². The van der Waals surface area contributed by atoms with Crippen molar-refractivity contribution in [2.45, 2.75) is 18.4 Å². The third-order valence-corrected chi connectivity index (χ3v) is 6.59. The molecule has 1 aliphatic heterocycles. The van der Waals surface area contributed by atoms with E-state index in [1.807, 2.05) is 18.2 Å². The molecule has 2 unspecified atom stereocenters. The number of nitrogens with one attached hydrogen (secondary N) is 2. The van der Waals surface area contributed by atoms with Crippen LogP contribution in [-0.2, 0) is 25.1 Å². The second-order valence-corrected chi connectivity index (χ2v) is 8.46. The summed E-state index contributed by atoms with van der Waals surface area (Å²) in [6.45, 7) is 2.05. The van der Waals surface area contributed by atoms with Gasteiger partial charge in [0.15, 0.2) is 0 Å². The number of sulfonamides is 1.